The van der Waals surface area contributed by atoms with Gasteiger partial charge in [0.15, 0.2) is 5.69 Å². The number of nitro benzene ring substituents is 1. The number of nitrogens with zero attached hydrogens (tertiary/aromatic N) is 3. The second-order valence-electron chi connectivity index (χ2n) is 5.88. The minimum absolute atomic E-state index is 0.0973. The number of hydrogen-bond acceptors (Lipinski definition) is 5. The number of aliphatic hydroxyl groups is 1. The third kappa shape index (κ3) is 4.39. The van der Waals surface area contributed by atoms with Crippen molar-refractivity contribution in [1.29, 1.82) is 0 Å². The molecule has 2 N–H and O–H groups in total. The molecule has 0 bridgehead atoms. The number of rotatable bonds is 7. The largest absolute Gasteiger partial charge is 0.391 e. The zero-order valence-corrected chi connectivity index (χ0v) is 13.5. The zero-order valence-electron chi connectivity index (χ0n) is 13.5. The highest BCUT2D eigenvalue weighted by atomic mass is 16.6. The highest BCUT2D eigenvalue weighted by Crippen LogP contribution is 2.21. The first kappa shape index (κ1) is 17.6. The monoisotopic (exact) mass is 332 g/mol. The van der Waals surface area contributed by atoms with Crippen LogP contribution in [-0.4, -0.2) is 38.4 Å². The van der Waals surface area contributed by atoms with Crippen LogP contribution in [0.3, 0.4) is 0 Å². The average molecular weight is 332 g/mol. The molecule has 1 atom stereocenters. The van der Waals surface area contributed by atoms with Crippen LogP contribution in [0.4, 0.5) is 5.69 Å². The third-order valence-electron chi connectivity index (χ3n) is 3.39. The summed E-state index contributed by atoms with van der Waals surface area (Å²) < 4.78 is 1.29. The fourth-order valence-electron chi connectivity index (χ4n) is 2.32. The van der Waals surface area contributed by atoms with Gasteiger partial charge in [-0.2, -0.15) is 5.10 Å². The number of aliphatic hydroxyl groups excluding tert-OH is 1. The van der Waals surface area contributed by atoms with E-state index < -0.39 is 16.9 Å². The summed E-state index contributed by atoms with van der Waals surface area (Å²) in [7, 11) is 0. The standard InChI is InChI=1S/C16H20N4O4/c1-11(2)9-12(21)10-17-16(22)13-7-8-19(18-13)14-5-3-4-6-15(14)20(23)24/h3-8,11-12,21H,9-10H2,1-2H3,(H,17,22). The van der Waals surface area contributed by atoms with Gasteiger partial charge in [0.1, 0.15) is 5.69 Å². The third-order valence-corrected chi connectivity index (χ3v) is 3.39. The first-order valence-electron chi connectivity index (χ1n) is 7.64. The molecule has 0 aliphatic heterocycles. The molecule has 1 heterocycles. The topological polar surface area (TPSA) is 110 Å². The molecule has 1 aromatic carbocycles. The van der Waals surface area contributed by atoms with E-state index in [1.165, 1.54) is 23.0 Å². The molecular formula is C16H20N4O4. The average Bonchev–Trinajstić information content (AvgIpc) is 3.01. The first-order valence-corrected chi connectivity index (χ1v) is 7.64. The molecule has 1 amide bonds. The van der Waals surface area contributed by atoms with Crippen LogP contribution in [0.25, 0.3) is 5.69 Å². The maximum atomic E-state index is 12.1. The molecule has 8 heteroatoms. The Hall–Kier alpha value is -2.74. The fraction of sp³-hybridized carbons (Fsp3) is 0.375. The molecule has 0 fully saturated rings. The van der Waals surface area contributed by atoms with Crippen LogP contribution in [-0.2, 0) is 0 Å². The number of amides is 1. The summed E-state index contributed by atoms with van der Waals surface area (Å²) in [6, 6.07) is 7.63. The summed E-state index contributed by atoms with van der Waals surface area (Å²) in [6.45, 7) is 4.11. The van der Waals surface area contributed by atoms with Crippen LogP contribution in [0.5, 0.6) is 0 Å². The van der Waals surface area contributed by atoms with Crippen LogP contribution in [0, 0.1) is 16.0 Å². The quantitative estimate of drug-likeness (QED) is 0.594. The van der Waals surface area contributed by atoms with Gasteiger partial charge in [0.05, 0.1) is 11.0 Å². The molecule has 0 spiro atoms. The molecule has 1 aromatic heterocycles. The number of hydrogen-bond donors (Lipinski definition) is 2. The van der Waals surface area contributed by atoms with E-state index >= 15 is 0 Å². The lowest BCUT2D eigenvalue weighted by Crippen LogP contribution is -2.33. The second kappa shape index (κ2) is 7.69. The Kier molecular flexibility index (Phi) is 5.64. The molecule has 0 saturated carbocycles. The minimum Gasteiger partial charge on any atom is -0.391 e. The molecule has 24 heavy (non-hydrogen) atoms. The van der Waals surface area contributed by atoms with E-state index in [9.17, 15) is 20.0 Å². The summed E-state index contributed by atoms with van der Waals surface area (Å²) in [4.78, 5) is 22.6. The number of benzene rings is 1. The summed E-state index contributed by atoms with van der Waals surface area (Å²) in [5.74, 6) is -0.107. The normalized spacial score (nSPS) is 12.2. The fourth-order valence-corrected chi connectivity index (χ4v) is 2.32. The summed E-state index contributed by atoms with van der Waals surface area (Å²) in [5.41, 5.74) is 0.311. The van der Waals surface area contributed by atoms with E-state index in [1.54, 1.807) is 18.2 Å². The van der Waals surface area contributed by atoms with Crippen molar-refractivity contribution in [3.8, 4) is 5.69 Å². The van der Waals surface area contributed by atoms with Gasteiger partial charge in [-0.05, 0) is 24.5 Å². The van der Waals surface area contributed by atoms with Gasteiger partial charge in [-0.15, -0.1) is 0 Å². The van der Waals surface area contributed by atoms with Crippen LogP contribution in [0.2, 0.25) is 0 Å². The smallest absolute Gasteiger partial charge is 0.294 e. The van der Waals surface area contributed by atoms with Crippen molar-refractivity contribution >= 4 is 11.6 Å². The Morgan fingerprint density at radius 3 is 2.75 bits per heavy atom. The number of carbonyl (C=O) groups is 1. The van der Waals surface area contributed by atoms with Crippen molar-refractivity contribution < 1.29 is 14.8 Å². The lowest BCUT2D eigenvalue weighted by molar-refractivity contribution is -0.384. The number of carbonyl (C=O) groups excluding carboxylic acids is 1. The molecular weight excluding hydrogens is 312 g/mol. The van der Waals surface area contributed by atoms with Crippen LogP contribution < -0.4 is 5.32 Å². The summed E-state index contributed by atoms with van der Waals surface area (Å²) in [5, 5.41) is 27.5. The van der Waals surface area contributed by atoms with Crippen molar-refractivity contribution in [1.82, 2.24) is 15.1 Å². The van der Waals surface area contributed by atoms with Crippen molar-refractivity contribution in [3.63, 3.8) is 0 Å². The number of para-hydroxylation sites is 2. The molecule has 0 aliphatic carbocycles. The molecule has 0 saturated heterocycles. The molecule has 2 aromatic rings. The van der Waals surface area contributed by atoms with Crippen molar-refractivity contribution in [2.75, 3.05) is 6.54 Å². The van der Waals surface area contributed by atoms with E-state index in [0.29, 0.717) is 12.3 Å². The van der Waals surface area contributed by atoms with Gasteiger partial charge < -0.3 is 10.4 Å². The first-order chi connectivity index (χ1) is 11.4. The second-order valence-corrected chi connectivity index (χ2v) is 5.88. The molecule has 0 radical (unpaired) electrons. The maximum absolute atomic E-state index is 12.1. The SMILES string of the molecule is CC(C)CC(O)CNC(=O)c1ccn(-c2ccccc2[N+](=O)[O-])n1. The molecule has 1 unspecified atom stereocenters. The van der Waals surface area contributed by atoms with Crippen LogP contribution in [0.15, 0.2) is 36.5 Å². The zero-order chi connectivity index (χ0) is 17.7. The predicted octanol–water partition coefficient (Wildman–Crippen LogP) is 1.92. The van der Waals surface area contributed by atoms with E-state index in [1.807, 2.05) is 13.8 Å². The van der Waals surface area contributed by atoms with Gasteiger partial charge in [-0.3, -0.25) is 14.9 Å². The minimum atomic E-state index is -0.619. The number of nitro groups is 1. The Morgan fingerprint density at radius 1 is 1.38 bits per heavy atom. The van der Waals surface area contributed by atoms with Crippen LogP contribution in [0.1, 0.15) is 30.8 Å². The van der Waals surface area contributed by atoms with E-state index in [0.717, 1.165) is 0 Å². The Balaban J connectivity index is 2.08. The molecule has 0 aliphatic rings. The molecule has 128 valence electrons. The maximum Gasteiger partial charge on any atom is 0.294 e. The highest BCUT2D eigenvalue weighted by Gasteiger charge is 2.17. The van der Waals surface area contributed by atoms with E-state index in [-0.39, 0.29) is 23.6 Å². The molecule has 8 nitrogen and oxygen atoms in total. The van der Waals surface area contributed by atoms with Crippen LogP contribution >= 0.6 is 0 Å². The number of nitrogens with one attached hydrogen (secondary N) is 1. The van der Waals surface area contributed by atoms with Gasteiger partial charge in [0.2, 0.25) is 0 Å². The van der Waals surface area contributed by atoms with Gasteiger partial charge in [-0.1, -0.05) is 26.0 Å². The van der Waals surface area contributed by atoms with Gasteiger partial charge in [0, 0.05) is 18.8 Å². The predicted molar refractivity (Wildman–Crippen MR) is 88.0 cm³/mol. The Bertz CT molecular complexity index is 726. The van der Waals surface area contributed by atoms with Gasteiger partial charge in [0.25, 0.3) is 11.6 Å². The molecule has 2 rings (SSSR count). The lowest BCUT2D eigenvalue weighted by Gasteiger charge is -2.13. The highest BCUT2D eigenvalue weighted by molar-refractivity contribution is 5.92. The summed E-state index contributed by atoms with van der Waals surface area (Å²) in [6.07, 6.45) is 1.46. The van der Waals surface area contributed by atoms with Crippen molar-refractivity contribution in [2.24, 2.45) is 5.92 Å². The summed E-state index contributed by atoms with van der Waals surface area (Å²) >= 11 is 0. The lowest BCUT2D eigenvalue weighted by atomic mass is 10.1. The Labute approximate surface area is 139 Å². The van der Waals surface area contributed by atoms with Gasteiger partial charge in [-0.25, -0.2) is 4.68 Å². The van der Waals surface area contributed by atoms with Crippen molar-refractivity contribution in [3.05, 3.63) is 52.3 Å². The number of aromatic nitrogens is 2. The van der Waals surface area contributed by atoms with Gasteiger partial charge >= 0.3 is 0 Å². The van der Waals surface area contributed by atoms with E-state index in [4.69, 9.17) is 0 Å². The van der Waals surface area contributed by atoms with E-state index in [2.05, 4.69) is 10.4 Å². The van der Waals surface area contributed by atoms with Crippen molar-refractivity contribution in [2.45, 2.75) is 26.4 Å². The Morgan fingerprint density at radius 2 is 2.08 bits per heavy atom.